The summed E-state index contributed by atoms with van der Waals surface area (Å²) in [5.41, 5.74) is -2.81. The van der Waals surface area contributed by atoms with E-state index in [-0.39, 0.29) is 48.1 Å². The second-order valence-electron chi connectivity index (χ2n) is 11.2. The van der Waals surface area contributed by atoms with Gasteiger partial charge in [-0.2, -0.15) is 13.2 Å². The SMILES string of the molecule is CC1(O)CC(n2cnc3cc(OC[C@@H]4CC(=O)C[C@H](CF)N4C(=O)OC(C)(C)C)cc(C(F)(F)F)c32)C1. The molecule has 8 nitrogen and oxygen atoms in total. The number of aliphatic hydroxyl groups is 1. The molecule has 2 aromatic rings. The van der Waals surface area contributed by atoms with Gasteiger partial charge >= 0.3 is 12.3 Å². The molecule has 1 aromatic heterocycles. The molecule has 1 saturated heterocycles. The molecule has 0 spiro atoms. The van der Waals surface area contributed by atoms with Crippen LogP contribution in [0.5, 0.6) is 5.75 Å². The van der Waals surface area contributed by atoms with Gasteiger partial charge in [0.25, 0.3) is 0 Å². The first-order valence-electron chi connectivity index (χ1n) is 12.1. The molecule has 0 radical (unpaired) electrons. The Morgan fingerprint density at radius 2 is 1.84 bits per heavy atom. The van der Waals surface area contributed by atoms with Crippen molar-refractivity contribution in [2.24, 2.45) is 0 Å². The van der Waals surface area contributed by atoms with Gasteiger partial charge in [0.1, 0.15) is 30.4 Å². The molecule has 37 heavy (non-hydrogen) atoms. The van der Waals surface area contributed by atoms with E-state index in [0.29, 0.717) is 12.8 Å². The van der Waals surface area contributed by atoms with Gasteiger partial charge in [-0.1, -0.05) is 0 Å². The van der Waals surface area contributed by atoms with Crippen molar-refractivity contribution >= 4 is 22.9 Å². The number of ketones is 1. The van der Waals surface area contributed by atoms with Crippen LogP contribution in [0.2, 0.25) is 0 Å². The first-order valence-corrected chi connectivity index (χ1v) is 12.1. The fraction of sp³-hybridized carbons (Fsp3) is 0.640. The number of fused-ring (bicyclic) bond motifs is 1. The van der Waals surface area contributed by atoms with Crippen LogP contribution in [0, 0.1) is 0 Å². The number of likely N-dealkylation sites (tertiary alicyclic amines) is 1. The van der Waals surface area contributed by atoms with Gasteiger partial charge in [-0.15, -0.1) is 0 Å². The number of hydrogen-bond donors (Lipinski definition) is 1. The quantitative estimate of drug-likeness (QED) is 0.558. The smallest absolute Gasteiger partial charge is 0.418 e. The molecule has 1 saturated carbocycles. The number of rotatable bonds is 5. The summed E-state index contributed by atoms with van der Waals surface area (Å²) in [6.07, 6.45) is -3.93. The topological polar surface area (TPSA) is 93.9 Å². The zero-order chi connectivity index (χ0) is 27.3. The average molecular weight is 530 g/mol. The Morgan fingerprint density at radius 3 is 2.41 bits per heavy atom. The predicted octanol–water partition coefficient (Wildman–Crippen LogP) is 4.83. The van der Waals surface area contributed by atoms with Crippen LogP contribution >= 0.6 is 0 Å². The molecule has 1 aromatic carbocycles. The number of halogens is 4. The fourth-order valence-corrected chi connectivity index (χ4v) is 5.05. The maximum absolute atomic E-state index is 14.1. The van der Waals surface area contributed by atoms with Crippen molar-refractivity contribution in [1.82, 2.24) is 14.5 Å². The third kappa shape index (κ3) is 5.83. The standard InChI is InChI=1S/C25H31F4N3O5/c1-23(2,3)37-22(34)32-14(11-26)5-17(33)6-15(32)12-36-18-7-19(25(27,28)29)21-20(8-18)30-13-31(21)16-9-24(4,35)10-16/h7-8,13-16,35H,5-6,9-12H2,1-4H3/t14-,15+,16?,24?/m1/s1. The summed E-state index contributed by atoms with van der Waals surface area (Å²) >= 11 is 0. The summed E-state index contributed by atoms with van der Waals surface area (Å²) < 4.78 is 68.4. The van der Waals surface area contributed by atoms with E-state index in [1.54, 1.807) is 27.7 Å². The molecule has 4 rings (SSSR count). The summed E-state index contributed by atoms with van der Waals surface area (Å²) in [6.45, 7) is 5.26. The number of aromatic nitrogens is 2. The highest BCUT2D eigenvalue weighted by Gasteiger charge is 2.43. The Morgan fingerprint density at radius 1 is 1.19 bits per heavy atom. The van der Waals surface area contributed by atoms with Gasteiger partial charge in [0.05, 0.1) is 40.6 Å². The van der Waals surface area contributed by atoms with Crippen LogP contribution in [0.25, 0.3) is 11.0 Å². The lowest BCUT2D eigenvalue weighted by Gasteiger charge is -2.42. The first-order chi connectivity index (χ1) is 17.1. The molecular formula is C25H31F4N3O5. The van der Waals surface area contributed by atoms with E-state index in [4.69, 9.17) is 9.47 Å². The van der Waals surface area contributed by atoms with Gasteiger partial charge in [-0.3, -0.25) is 9.69 Å². The number of alkyl halides is 4. The maximum atomic E-state index is 14.1. The van der Waals surface area contributed by atoms with Gasteiger partial charge in [0, 0.05) is 24.9 Å². The van der Waals surface area contributed by atoms with E-state index in [1.165, 1.54) is 17.0 Å². The Hall–Kier alpha value is -2.89. The van der Waals surface area contributed by atoms with Crippen molar-refractivity contribution < 1.29 is 41.7 Å². The number of ether oxygens (including phenoxy) is 2. The summed E-state index contributed by atoms with van der Waals surface area (Å²) in [4.78, 5) is 30.3. The van der Waals surface area contributed by atoms with E-state index < -0.39 is 47.8 Å². The molecule has 204 valence electrons. The number of nitrogens with zero attached hydrogens (tertiary/aromatic N) is 3. The highest BCUT2D eigenvalue weighted by molar-refractivity contribution is 5.83. The van der Waals surface area contributed by atoms with E-state index in [9.17, 15) is 32.3 Å². The van der Waals surface area contributed by atoms with Crippen molar-refractivity contribution in [2.45, 2.75) is 88.9 Å². The highest BCUT2D eigenvalue weighted by Crippen LogP contribution is 2.45. The van der Waals surface area contributed by atoms with E-state index in [0.717, 1.165) is 11.0 Å². The van der Waals surface area contributed by atoms with Gasteiger partial charge in [0.15, 0.2) is 0 Å². The van der Waals surface area contributed by atoms with Gasteiger partial charge in [0.2, 0.25) is 0 Å². The second kappa shape index (κ2) is 9.45. The van der Waals surface area contributed by atoms with Crippen molar-refractivity contribution in [2.75, 3.05) is 13.3 Å². The molecule has 2 heterocycles. The fourth-order valence-electron chi connectivity index (χ4n) is 5.05. The third-order valence-electron chi connectivity index (χ3n) is 6.63. The van der Waals surface area contributed by atoms with Crippen LogP contribution in [-0.2, 0) is 15.7 Å². The number of piperidine rings is 1. The number of carbonyl (C=O) groups excluding carboxylic acids is 2. The second-order valence-corrected chi connectivity index (χ2v) is 11.2. The molecule has 2 aliphatic rings. The molecule has 12 heteroatoms. The number of Topliss-reactive ketones (excluding diaryl/α,β-unsaturated/α-hetero) is 1. The summed E-state index contributed by atoms with van der Waals surface area (Å²) in [6, 6.07) is -0.0783. The van der Waals surface area contributed by atoms with Crippen LogP contribution in [0.3, 0.4) is 0 Å². The monoisotopic (exact) mass is 529 g/mol. The largest absolute Gasteiger partial charge is 0.491 e. The van der Waals surface area contributed by atoms with Crippen molar-refractivity contribution in [3.63, 3.8) is 0 Å². The van der Waals surface area contributed by atoms with E-state index in [1.807, 2.05) is 0 Å². The van der Waals surface area contributed by atoms with E-state index >= 15 is 0 Å². The molecule has 1 N–H and O–H groups in total. The zero-order valence-electron chi connectivity index (χ0n) is 21.1. The predicted molar refractivity (Wildman–Crippen MR) is 125 cm³/mol. The van der Waals surface area contributed by atoms with Crippen LogP contribution in [0.15, 0.2) is 18.5 Å². The molecule has 2 fully saturated rings. The molecule has 0 bridgehead atoms. The lowest BCUT2D eigenvalue weighted by atomic mass is 9.77. The average Bonchev–Trinajstić information content (AvgIpc) is 3.16. The normalized spacial score (nSPS) is 26.8. The Labute approximate surface area is 211 Å². The minimum Gasteiger partial charge on any atom is -0.491 e. The summed E-state index contributed by atoms with van der Waals surface area (Å²) in [5, 5.41) is 10.0. The third-order valence-corrected chi connectivity index (χ3v) is 6.63. The molecule has 1 aliphatic carbocycles. The lowest BCUT2D eigenvalue weighted by molar-refractivity contribution is -0.136. The maximum Gasteiger partial charge on any atom is 0.418 e. The van der Waals surface area contributed by atoms with Crippen molar-refractivity contribution in [1.29, 1.82) is 0 Å². The van der Waals surface area contributed by atoms with Crippen molar-refractivity contribution in [3.8, 4) is 5.75 Å². The number of imidazole rings is 1. The highest BCUT2D eigenvalue weighted by atomic mass is 19.4. The van der Waals surface area contributed by atoms with Crippen LogP contribution < -0.4 is 4.74 Å². The molecule has 1 amide bonds. The van der Waals surface area contributed by atoms with Crippen LogP contribution in [0.4, 0.5) is 22.4 Å². The zero-order valence-corrected chi connectivity index (χ0v) is 21.1. The Balaban J connectivity index is 1.61. The molecular weight excluding hydrogens is 498 g/mol. The Kier molecular flexibility index (Phi) is 6.93. The number of amides is 1. The van der Waals surface area contributed by atoms with Crippen LogP contribution in [-0.4, -0.2) is 68.0 Å². The number of carbonyl (C=O) groups is 2. The summed E-state index contributed by atoms with van der Waals surface area (Å²) in [7, 11) is 0. The van der Waals surface area contributed by atoms with Gasteiger partial charge < -0.3 is 19.1 Å². The number of benzene rings is 1. The minimum atomic E-state index is -4.72. The van der Waals surface area contributed by atoms with Crippen molar-refractivity contribution in [3.05, 3.63) is 24.0 Å². The summed E-state index contributed by atoms with van der Waals surface area (Å²) in [5.74, 6) is -0.428. The minimum absolute atomic E-state index is 0.0571. The number of hydrogen-bond acceptors (Lipinski definition) is 6. The van der Waals surface area contributed by atoms with Gasteiger partial charge in [-0.25, -0.2) is 14.2 Å². The Bertz CT molecular complexity index is 1180. The lowest BCUT2D eigenvalue weighted by Crippen LogP contribution is -2.56. The van der Waals surface area contributed by atoms with E-state index in [2.05, 4.69) is 4.98 Å². The molecule has 1 aliphatic heterocycles. The van der Waals surface area contributed by atoms with Crippen LogP contribution in [0.1, 0.15) is 65.0 Å². The molecule has 2 atom stereocenters. The molecule has 0 unspecified atom stereocenters. The van der Waals surface area contributed by atoms with Gasteiger partial charge in [-0.05, 0) is 46.6 Å². The first kappa shape index (κ1) is 27.2.